The highest BCUT2D eigenvalue weighted by Crippen LogP contribution is 2.16. The van der Waals surface area contributed by atoms with Gasteiger partial charge in [-0.05, 0) is 71.3 Å². The molecule has 0 saturated carbocycles. The van der Waals surface area contributed by atoms with E-state index in [2.05, 4.69) is 46.9 Å². The van der Waals surface area contributed by atoms with Crippen LogP contribution in [0.4, 0.5) is 0 Å². The zero-order chi connectivity index (χ0) is 14.4. The highest BCUT2D eigenvalue weighted by Gasteiger charge is 1.99. The number of hydrogen-bond acceptors (Lipinski definition) is 2. The second-order valence-corrected chi connectivity index (χ2v) is 6.01. The Morgan fingerprint density at radius 3 is 2.20 bits per heavy atom. The van der Waals surface area contributed by atoms with Crippen LogP contribution in [-0.4, -0.2) is 5.78 Å². The Kier molecular flexibility index (Phi) is 5.59. The Morgan fingerprint density at radius 1 is 1.00 bits per heavy atom. The highest BCUT2D eigenvalue weighted by atomic mass is 127. The first-order valence-electron chi connectivity index (χ1n) is 6.59. The van der Waals surface area contributed by atoms with Crippen molar-refractivity contribution in [3.63, 3.8) is 0 Å². The highest BCUT2D eigenvalue weighted by molar-refractivity contribution is 14.1. The van der Waals surface area contributed by atoms with E-state index in [1.54, 1.807) is 6.92 Å². The van der Waals surface area contributed by atoms with Crippen molar-refractivity contribution in [2.45, 2.75) is 26.4 Å². The third kappa shape index (κ3) is 4.96. The Morgan fingerprint density at radius 2 is 1.60 bits per heavy atom. The Balaban J connectivity index is 1.87. The van der Waals surface area contributed by atoms with Crippen LogP contribution in [0.5, 0.6) is 5.75 Å². The van der Waals surface area contributed by atoms with Crippen molar-refractivity contribution in [1.82, 2.24) is 0 Å². The molecule has 104 valence electrons. The van der Waals surface area contributed by atoms with Gasteiger partial charge in [0.15, 0.2) is 0 Å². The molecular formula is C17H17IO2. The predicted molar refractivity (Wildman–Crippen MR) is 88.9 cm³/mol. The number of aryl methyl sites for hydroxylation is 1. The van der Waals surface area contributed by atoms with Crippen molar-refractivity contribution >= 4 is 28.4 Å². The summed E-state index contributed by atoms with van der Waals surface area (Å²) >= 11 is 2.29. The van der Waals surface area contributed by atoms with E-state index < -0.39 is 0 Å². The van der Waals surface area contributed by atoms with E-state index in [1.165, 1.54) is 9.13 Å². The molecule has 0 fully saturated rings. The molecule has 0 radical (unpaired) electrons. The molecule has 0 unspecified atom stereocenters. The largest absolute Gasteiger partial charge is 0.489 e. The first-order chi connectivity index (χ1) is 9.63. The standard InChI is InChI=1S/C17H17IO2/c1-13(19)2-3-14-6-10-17(11-7-14)20-12-15-4-8-16(18)9-5-15/h4-11H,2-3,12H2,1H3. The normalized spacial score (nSPS) is 10.3. The number of carbonyl (C=O) groups excluding carboxylic acids is 1. The number of rotatable bonds is 6. The minimum Gasteiger partial charge on any atom is -0.489 e. The molecule has 0 bridgehead atoms. The maximum absolute atomic E-state index is 10.9. The molecule has 2 rings (SSSR count). The van der Waals surface area contributed by atoms with E-state index in [-0.39, 0.29) is 5.78 Å². The Hall–Kier alpha value is -1.36. The van der Waals surface area contributed by atoms with Gasteiger partial charge in [-0.2, -0.15) is 0 Å². The molecule has 20 heavy (non-hydrogen) atoms. The van der Waals surface area contributed by atoms with Crippen LogP contribution in [0.2, 0.25) is 0 Å². The van der Waals surface area contributed by atoms with Gasteiger partial charge in [-0.3, -0.25) is 0 Å². The maximum atomic E-state index is 10.9. The van der Waals surface area contributed by atoms with E-state index in [1.807, 2.05) is 24.3 Å². The van der Waals surface area contributed by atoms with Gasteiger partial charge in [0.1, 0.15) is 18.1 Å². The third-order valence-electron chi connectivity index (χ3n) is 3.01. The molecule has 0 N–H and O–H groups in total. The average Bonchev–Trinajstić information content (AvgIpc) is 2.45. The van der Waals surface area contributed by atoms with Crippen LogP contribution < -0.4 is 4.74 Å². The lowest BCUT2D eigenvalue weighted by Crippen LogP contribution is -1.96. The Bertz CT molecular complexity index is 559. The molecule has 0 amide bonds. The SMILES string of the molecule is CC(=O)CCc1ccc(OCc2ccc(I)cc2)cc1. The van der Waals surface area contributed by atoms with Crippen LogP contribution in [0.1, 0.15) is 24.5 Å². The lowest BCUT2D eigenvalue weighted by atomic mass is 10.1. The van der Waals surface area contributed by atoms with Gasteiger partial charge in [-0.25, -0.2) is 0 Å². The summed E-state index contributed by atoms with van der Waals surface area (Å²) in [6, 6.07) is 16.3. The fourth-order valence-electron chi connectivity index (χ4n) is 1.82. The summed E-state index contributed by atoms with van der Waals surface area (Å²) in [7, 11) is 0. The van der Waals surface area contributed by atoms with Crippen LogP contribution >= 0.6 is 22.6 Å². The van der Waals surface area contributed by atoms with Crippen molar-refractivity contribution < 1.29 is 9.53 Å². The van der Waals surface area contributed by atoms with Gasteiger partial charge in [-0.1, -0.05) is 24.3 Å². The van der Waals surface area contributed by atoms with Crippen molar-refractivity contribution in [3.05, 3.63) is 63.2 Å². The fourth-order valence-corrected chi connectivity index (χ4v) is 2.18. The molecule has 2 nitrogen and oxygen atoms in total. The number of halogens is 1. The molecule has 0 aliphatic heterocycles. The second kappa shape index (κ2) is 7.43. The van der Waals surface area contributed by atoms with Crippen LogP contribution in [0, 0.1) is 3.57 Å². The third-order valence-corrected chi connectivity index (χ3v) is 3.73. The lowest BCUT2D eigenvalue weighted by Gasteiger charge is -2.07. The van der Waals surface area contributed by atoms with Crippen LogP contribution in [-0.2, 0) is 17.8 Å². The van der Waals surface area contributed by atoms with Crippen LogP contribution in [0.15, 0.2) is 48.5 Å². The molecule has 0 saturated heterocycles. The first kappa shape index (κ1) is 15.0. The zero-order valence-electron chi connectivity index (χ0n) is 11.4. The van der Waals surface area contributed by atoms with Crippen molar-refractivity contribution in [2.75, 3.05) is 0 Å². The van der Waals surface area contributed by atoms with Gasteiger partial charge in [0.2, 0.25) is 0 Å². The van der Waals surface area contributed by atoms with E-state index in [9.17, 15) is 4.79 Å². The first-order valence-corrected chi connectivity index (χ1v) is 7.67. The maximum Gasteiger partial charge on any atom is 0.130 e. The zero-order valence-corrected chi connectivity index (χ0v) is 13.6. The van der Waals surface area contributed by atoms with Gasteiger partial charge < -0.3 is 9.53 Å². The van der Waals surface area contributed by atoms with Gasteiger partial charge in [0.05, 0.1) is 0 Å². The number of ketones is 1. The second-order valence-electron chi connectivity index (χ2n) is 4.76. The number of Topliss-reactive ketones (excluding diaryl/α,β-unsaturated/α-hetero) is 1. The summed E-state index contributed by atoms with van der Waals surface area (Å²) in [6.45, 7) is 2.20. The monoisotopic (exact) mass is 380 g/mol. The summed E-state index contributed by atoms with van der Waals surface area (Å²) in [5, 5.41) is 0. The van der Waals surface area contributed by atoms with E-state index >= 15 is 0 Å². The molecule has 2 aromatic rings. The van der Waals surface area contributed by atoms with Crippen molar-refractivity contribution in [2.24, 2.45) is 0 Å². The average molecular weight is 380 g/mol. The van der Waals surface area contributed by atoms with Gasteiger partial charge in [-0.15, -0.1) is 0 Å². The number of ether oxygens (including phenoxy) is 1. The summed E-state index contributed by atoms with van der Waals surface area (Å²) in [4.78, 5) is 10.9. The Labute approximate surface area is 133 Å². The van der Waals surface area contributed by atoms with Crippen LogP contribution in [0.25, 0.3) is 0 Å². The molecule has 2 aromatic carbocycles. The summed E-state index contributed by atoms with van der Waals surface area (Å²) in [5.41, 5.74) is 2.33. The van der Waals surface area contributed by atoms with Crippen molar-refractivity contribution in [1.29, 1.82) is 0 Å². The van der Waals surface area contributed by atoms with Gasteiger partial charge >= 0.3 is 0 Å². The number of benzene rings is 2. The molecule has 0 aromatic heterocycles. The summed E-state index contributed by atoms with van der Waals surface area (Å²) in [5.74, 6) is 1.08. The molecule has 3 heteroatoms. The topological polar surface area (TPSA) is 26.3 Å². The van der Waals surface area contributed by atoms with Gasteiger partial charge in [0.25, 0.3) is 0 Å². The fraction of sp³-hybridized carbons (Fsp3) is 0.235. The quantitative estimate of drug-likeness (QED) is 0.695. The predicted octanol–water partition coefficient (Wildman–Crippen LogP) is 4.39. The van der Waals surface area contributed by atoms with Crippen molar-refractivity contribution in [3.8, 4) is 5.75 Å². The van der Waals surface area contributed by atoms with Gasteiger partial charge in [0, 0.05) is 9.99 Å². The molecular weight excluding hydrogens is 363 g/mol. The van der Waals surface area contributed by atoms with Crippen LogP contribution in [0.3, 0.4) is 0 Å². The molecule has 0 spiro atoms. The minimum atomic E-state index is 0.226. The molecule has 0 aliphatic carbocycles. The van der Waals surface area contributed by atoms with E-state index in [4.69, 9.17) is 4.74 Å². The minimum absolute atomic E-state index is 0.226. The number of carbonyl (C=O) groups is 1. The molecule has 0 heterocycles. The molecule has 0 aliphatic rings. The van der Waals surface area contributed by atoms with E-state index in [0.29, 0.717) is 13.0 Å². The number of hydrogen-bond donors (Lipinski definition) is 0. The summed E-state index contributed by atoms with van der Waals surface area (Å²) < 4.78 is 6.97. The summed E-state index contributed by atoms with van der Waals surface area (Å²) in [6.07, 6.45) is 1.40. The lowest BCUT2D eigenvalue weighted by molar-refractivity contribution is -0.116. The smallest absolute Gasteiger partial charge is 0.130 e. The van der Waals surface area contributed by atoms with E-state index in [0.717, 1.165) is 17.7 Å². The molecule has 0 atom stereocenters.